The molecular formula is C15H18BrN3. The van der Waals surface area contributed by atoms with Gasteiger partial charge in [-0.15, -0.1) is 0 Å². The maximum Gasteiger partial charge on any atom is 0.0410 e. The van der Waals surface area contributed by atoms with Crippen LogP contribution in [0.2, 0.25) is 0 Å². The van der Waals surface area contributed by atoms with Crippen LogP contribution in [0, 0.1) is 0 Å². The van der Waals surface area contributed by atoms with Gasteiger partial charge in [-0.1, -0.05) is 0 Å². The molecule has 1 N–H and O–H groups in total. The SMILES string of the molecule is CNC(CCc1ccncc1)Cc1cncc(Br)c1. The van der Waals surface area contributed by atoms with Gasteiger partial charge in [0.15, 0.2) is 0 Å². The van der Waals surface area contributed by atoms with Crippen molar-refractivity contribution in [2.75, 3.05) is 7.05 Å². The first-order valence-corrected chi connectivity index (χ1v) is 7.23. The second-order valence-electron chi connectivity index (χ2n) is 4.60. The lowest BCUT2D eigenvalue weighted by atomic mass is 10.0. The van der Waals surface area contributed by atoms with Gasteiger partial charge in [-0.25, -0.2) is 0 Å². The first-order chi connectivity index (χ1) is 9.28. The number of aryl methyl sites for hydroxylation is 1. The van der Waals surface area contributed by atoms with Crippen molar-refractivity contribution in [2.24, 2.45) is 0 Å². The number of rotatable bonds is 6. The Bertz CT molecular complexity index is 502. The van der Waals surface area contributed by atoms with Gasteiger partial charge in [-0.3, -0.25) is 9.97 Å². The molecule has 0 aliphatic heterocycles. The molecule has 0 spiro atoms. The second-order valence-corrected chi connectivity index (χ2v) is 5.51. The van der Waals surface area contributed by atoms with E-state index < -0.39 is 0 Å². The first-order valence-electron chi connectivity index (χ1n) is 6.43. The number of halogens is 1. The minimum atomic E-state index is 0.462. The van der Waals surface area contributed by atoms with Crippen molar-refractivity contribution in [2.45, 2.75) is 25.3 Å². The maximum absolute atomic E-state index is 4.21. The highest BCUT2D eigenvalue weighted by Gasteiger charge is 2.08. The van der Waals surface area contributed by atoms with E-state index in [1.165, 1.54) is 11.1 Å². The standard InChI is InChI=1S/C15H18BrN3/c1-17-15(3-2-12-4-6-18-7-5-12)9-13-8-14(16)11-19-10-13/h4-8,10-11,15,17H,2-3,9H2,1H3. The van der Waals surface area contributed by atoms with E-state index in [-0.39, 0.29) is 0 Å². The molecule has 0 aliphatic rings. The summed E-state index contributed by atoms with van der Waals surface area (Å²) < 4.78 is 1.04. The highest BCUT2D eigenvalue weighted by molar-refractivity contribution is 9.10. The smallest absolute Gasteiger partial charge is 0.0410 e. The molecule has 0 fully saturated rings. The van der Waals surface area contributed by atoms with Crippen LogP contribution < -0.4 is 5.32 Å². The second kappa shape index (κ2) is 7.36. The van der Waals surface area contributed by atoms with Crippen LogP contribution in [0.3, 0.4) is 0 Å². The van der Waals surface area contributed by atoms with Crippen LogP contribution in [-0.2, 0) is 12.8 Å². The zero-order valence-corrected chi connectivity index (χ0v) is 12.6. The van der Waals surface area contributed by atoms with Gasteiger partial charge in [-0.05, 0) is 71.6 Å². The van der Waals surface area contributed by atoms with Gasteiger partial charge in [0.05, 0.1) is 0 Å². The number of hydrogen-bond acceptors (Lipinski definition) is 3. The number of nitrogens with one attached hydrogen (secondary N) is 1. The van der Waals surface area contributed by atoms with E-state index in [1.54, 1.807) is 0 Å². The summed E-state index contributed by atoms with van der Waals surface area (Å²) in [5.74, 6) is 0. The van der Waals surface area contributed by atoms with Crippen molar-refractivity contribution in [3.63, 3.8) is 0 Å². The van der Waals surface area contributed by atoms with E-state index in [4.69, 9.17) is 0 Å². The highest BCUT2D eigenvalue weighted by Crippen LogP contribution is 2.13. The van der Waals surface area contributed by atoms with Crippen molar-refractivity contribution in [3.05, 3.63) is 58.6 Å². The number of likely N-dealkylation sites (N-methyl/N-ethyl adjacent to an activating group) is 1. The number of hydrogen-bond donors (Lipinski definition) is 1. The molecule has 0 saturated heterocycles. The van der Waals surface area contributed by atoms with Gasteiger partial charge in [0, 0.05) is 35.3 Å². The van der Waals surface area contributed by atoms with Gasteiger partial charge in [0.25, 0.3) is 0 Å². The highest BCUT2D eigenvalue weighted by atomic mass is 79.9. The predicted octanol–water partition coefficient (Wildman–Crippen LogP) is 3.00. The number of aromatic nitrogens is 2. The molecule has 19 heavy (non-hydrogen) atoms. The van der Waals surface area contributed by atoms with Crippen molar-refractivity contribution < 1.29 is 0 Å². The van der Waals surface area contributed by atoms with Crippen LogP contribution in [0.25, 0.3) is 0 Å². The average Bonchev–Trinajstić information content (AvgIpc) is 2.44. The average molecular weight is 320 g/mol. The van der Waals surface area contributed by atoms with Crippen LogP contribution >= 0.6 is 15.9 Å². The molecule has 2 rings (SSSR count). The summed E-state index contributed by atoms with van der Waals surface area (Å²) in [5, 5.41) is 3.38. The maximum atomic E-state index is 4.21. The molecular weight excluding hydrogens is 302 g/mol. The van der Waals surface area contributed by atoms with Crippen LogP contribution in [0.15, 0.2) is 47.5 Å². The van der Waals surface area contributed by atoms with E-state index >= 15 is 0 Å². The first kappa shape index (κ1) is 14.2. The normalized spacial score (nSPS) is 12.3. The lowest BCUT2D eigenvalue weighted by Gasteiger charge is -2.16. The topological polar surface area (TPSA) is 37.8 Å². The Morgan fingerprint density at radius 3 is 2.63 bits per heavy atom. The molecule has 1 unspecified atom stereocenters. The molecule has 2 heterocycles. The van der Waals surface area contributed by atoms with Crippen LogP contribution in [0.1, 0.15) is 17.5 Å². The summed E-state index contributed by atoms with van der Waals surface area (Å²) in [6.07, 6.45) is 10.6. The Kier molecular flexibility index (Phi) is 5.48. The monoisotopic (exact) mass is 319 g/mol. The Morgan fingerprint density at radius 1 is 1.16 bits per heavy atom. The van der Waals surface area contributed by atoms with E-state index in [0.29, 0.717) is 6.04 Å². The fourth-order valence-electron chi connectivity index (χ4n) is 2.09. The van der Waals surface area contributed by atoms with Crippen LogP contribution in [0.4, 0.5) is 0 Å². The van der Waals surface area contributed by atoms with E-state index in [2.05, 4.69) is 49.4 Å². The van der Waals surface area contributed by atoms with E-state index in [0.717, 1.165) is 23.7 Å². The predicted molar refractivity (Wildman–Crippen MR) is 81.0 cm³/mol. The molecule has 0 aromatic carbocycles. The minimum Gasteiger partial charge on any atom is -0.317 e. The lowest BCUT2D eigenvalue weighted by molar-refractivity contribution is 0.519. The van der Waals surface area contributed by atoms with Gasteiger partial charge < -0.3 is 5.32 Å². The fraction of sp³-hybridized carbons (Fsp3) is 0.333. The molecule has 0 saturated carbocycles. The summed E-state index contributed by atoms with van der Waals surface area (Å²) in [6.45, 7) is 0. The van der Waals surface area contributed by atoms with Crippen molar-refractivity contribution >= 4 is 15.9 Å². The van der Waals surface area contributed by atoms with Crippen molar-refractivity contribution in [1.82, 2.24) is 15.3 Å². The van der Waals surface area contributed by atoms with Crippen LogP contribution in [0.5, 0.6) is 0 Å². The summed E-state index contributed by atoms with van der Waals surface area (Å²) in [4.78, 5) is 8.25. The Hall–Kier alpha value is -1.26. The van der Waals surface area contributed by atoms with Gasteiger partial charge in [0.2, 0.25) is 0 Å². The Morgan fingerprint density at radius 2 is 1.95 bits per heavy atom. The molecule has 4 heteroatoms. The Balaban J connectivity index is 1.90. The molecule has 0 aliphatic carbocycles. The van der Waals surface area contributed by atoms with E-state index in [9.17, 15) is 0 Å². The summed E-state index contributed by atoms with van der Waals surface area (Å²) in [5.41, 5.74) is 2.59. The third-order valence-corrected chi connectivity index (χ3v) is 3.62. The van der Waals surface area contributed by atoms with E-state index in [1.807, 2.05) is 31.8 Å². The zero-order chi connectivity index (χ0) is 13.5. The molecule has 3 nitrogen and oxygen atoms in total. The summed E-state index contributed by atoms with van der Waals surface area (Å²) in [6, 6.07) is 6.74. The third kappa shape index (κ3) is 4.73. The molecule has 0 radical (unpaired) electrons. The molecule has 0 amide bonds. The lowest BCUT2D eigenvalue weighted by Crippen LogP contribution is -2.28. The number of nitrogens with zero attached hydrogens (tertiary/aromatic N) is 2. The third-order valence-electron chi connectivity index (χ3n) is 3.18. The summed E-state index contributed by atoms with van der Waals surface area (Å²) >= 11 is 3.46. The quantitative estimate of drug-likeness (QED) is 0.889. The summed E-state index contributed by atoms with van der Waals surface area (Å²) in [7, 11) is 2.02. The Labute approximate surface area is 122 Å². The zero-order valence-electron chi connectivity index (χ0n) is 11.0. The molecule has 1 atom stereocenters. The van der Waals surface area contributed by atoms with Crippen molar-refractivity contribution in [1.29, 1.82) is 0 Å². The van der Waals surface area contributed by atoms with Gasteiger partial charge in [-0.2, -0.15) is 0 Å². The molecule has 2 aromatic rings. The molecule has 2 aromatic heterocycles. The van der Waals surface area contributed by atoms with Crippen LogP contribution in [-0.4, -0.2) is 23.1 Å². The fourth-order valence-corrected chi connectivity index (χ4v) is 2.50. The number of pyridine rings is 2. The largest absolute Gasteiger partial charge is 0.317 e. The minimum absolute atomic E-state index is 0.462. The molecule has 0 bridgehead atoms. The van der Waals surface area contributed by atoms with Gasteiger partial charge >= 0.3 is 0 Å². The molecule has 100 valence electrons. The van der Waals surface area contributed by atoms with Gasteiger partial charge in [0.1, 0.15) is 0 Å². The van der Waals surface area contributed by atoms with Crippen molar-refractivity contribution in [3.8, 4) is 0 Å².